The fourth-order valence-electron chi connectivity index (χ4n) is 3.76. The lowest BCUT2D eigenvalue weighted by molar-refractivity contribution is -0.126. The summed E-state index contributed by atoms with van der Waals surface area (Å²) in [5.41, 5.74) is 1.50. The molecule has 0 bridgehead atoms. The molecule has 6 nitrogen and oxygen atoms in total. The summed E-state index contributed by atoms with van der Waals surface area (Å²) in [7, 11) is 0. The fraction of sp³-hybridized carbons (Fsp3) is 0.435. The third-order valence-electron chi connectivity index (χ3n) is 5.41. The Bertz CT molecular complexity index is 859. The highest BCUT2D eigenvalue weighted by Gasteiger charge is 2.20. The molecule has 2 heterocycles. The van der Waals surface area contributed by atoms with Gasteiger partial charge in [0.1, 0.15) is 11.6 Å². The van der Waals surface area contributed by atoms with Crippen LogP contribution in [0.4, 0.5) is 8.78 Å². The maximum atomic E-state index is 13.4. The minimum atomic E-state index is -0.670. The molecule has 1 aliphatic rings. The van der Waals surface area contributed by atoms with Crippen LogP contribution in [0, 0.1) is 17.6 Å². The van der Waals surface area contributed by atoms with E-state index in [9.17, 15) is 18.4 Å². The zero-order chi connectivity index (χ0) is 22.1. The number of amides is 2. The molecule has 1 aromatic heterocycles. The number of hydrogen-bond donors (Lipinski definition) is 2. The molecule has 0 aliphatic carbocycles. The quantitative estimate of drug-likeness (QED) is 0.765. The van der Waals surface area contributed by atoms with Crippen LogP contribution in [0.25, 0.3) is 0 Å². The summed E-state index contributed by atoms with van der Waals surface area (Å²) in [6.45, 7) is 2.63. The van der Waals surface area contributed by atoms with Crippen molar-refractivity contribution in [2.45, 2.75) is 38.8 Å². The number of halogens is 2. The molecule has 1 unspecified atom stereocenters. The van der Waals surface area contributed by atoms with Gasteiger partial charge < -0.3 is 10.6 Å². The molecular formula is C23H28F2N4O2. The second kappa shape index (κ2) is 11.5. The van der Waals surface area contributed by atoms with Crippen LogP contribution in [0.3, 0.4) is 0 Å². The van der Waals surface area contributed by atoms with E-state index in [2.05, 4.69) is 20.5 Å². The molecule has 8 heteroatoms. The number of rotatable bonds is 5. The van der Waals surface area contributed by atoms with Crippen LogP contribution in [-0.4, -0.2) is 41.3 Å². The average molecular weight is 430 g/mol. The van der Waals surface area contributed by atoms with Crippen molar-refractivity contribution in [2.75, 3.05) is 19.6 Å². The minimum Gasteiger partial charge on any atom is -0.356 e. The Morgan fingerprint density at radius 2 is 1.84 bits per heavy atom. The van der Waals surface area contributed by atoms with Crippen molar-refractivity contribution in [3.05, 3.63) is 65.5 Å². The number of pyridine rings is 1. The van der Waals surface area contributed by atoms with Crippen molar-refractivity contribution in [2.24, 2.45) is 5.92 Å². The Morgan fingerprint density at radius 1 is 1.10 bits per heavy atom. The second-order valence-electron chi connectivity index (χ2n) is 7.85. The number of benzene rings is 1. The lowest BCUT2D eigenvalue weighted by Crippen LogP contribution is -2.33. The molecule has 1 saturated heterocycles. The summed E-state index contributed by atoms with van der Waals surface area (Å²) < 4.78 is 26.7. The van der Waals surface area contributed by atoms with E-state index in [4.69, 9.17) is 0 Å². The summed E-state index contributed by atoms with van der Waals surface area (Å²) in [4.78, 5) is 31.1. The second-order valence-corrected chi connectivity index (χ2v) is 7.85. The summed E-state index contributed by atoms with van der Waals surface area (Å²) in [6, 6.07) is 7.12. The van der Waals surface area contributed by atoms with E-state index in [1.54, 1.807) is 12.4 Å². The monoisotopic (exact) mass is 430 g/mol. The Labute approximate surface area is 181 Å². The topological polar surface area (TPSA) is 74.3 Å². The smallest absolute Gasteiger partial charge is 0.223 e. The van der Waals surface area contributed by atoms with Gasteiger partial charge in [-0.2, -0.15) is 0 Å². The molecule has 166 valence electrons. The maximum absolute atomic E-state index is 13.4. The van der Waals surface area contributed by atoms with E-state index in [0.29, 0.717) is 37.9 Å². The summed E-state index contributed by atoms with van der Waals surface area (Å²) in [5, 5.41) is 5.66. The van der Waals surface area contributed by atoms with E-state index in [1.165, 1.54) is 12.1 Å². The van der Waals surface area contributed by atoms with Crippen molar-refractivity contribution < 1.29 is 18.4 Å². The van der Waals surface area contributed by atoms with Crippen LogP contribution in [0.2, 0.25) is 0 Å². The van der Waals surface area contributed by atoms with E-state index < -0.39 is 11.6 Å². The highest BCUT2D eigenvalue weighted by atomic mass is 19.1. The average Bonchev–Trinajstić information content (AvgIpc) is 2.78. The van der Waals surface area contributed by atoms with Gasteiger partial charge in [0.15, 0.2) is 0 Å². The van der Waals surface area contributed by atoms with Gasteiger partial charge in [0.2, 0.25) is 11.8 Å². The molecule has 31 heavy (non-hydrogen) atoms. The first-order chi connectivity index (χ1) is 15.0. The first-order valence-electron chi connectivity index (χ1n) is 10.6. The van der Waals surface area contributed by atoms with Crippen LogP contribution in [0.1, 0.15) is 36.8 Å². The first kappa shape index (κ1) is 22.8. The number of nitrogens with zero attached hydrogens (tertiary/aromatic N) is 2. The Kier molecular flexibility index (Phi) is 8.46. The largest absolute Gasteiger partial charge is 0.356 e. The van der Waals surface area contributed by atoms with Crippen molar-refractivity contribution in [1.29, 1.82) is 0 Å². The standard InChI is InChI=1S/C23H28F2N4O2/c24-20-12-18(13-21(25)14-20)15-28-23(31)19-2-1-10-29(11-6-22(30)27-9-5-19)16-17-3-7-26-8-4-17/h3-4,7-8,12-14,19H,1-2,5-6,9-11,15-16H2,(H,27,30)(H,28,31). The van der Waals surface area contributed by atoms with Crippen LogP contribution >= 0.6 is 0 Å². The molecule has 0 saturated carbocycles. The third-order valence-corrected chi connectivity index (χ3v) is 5.41. The van der Waals surface area contributed by atoms with Gasteiger partial charge in [-0.15, -0.1) is 0 Å². The fourth-order valence-corrected chi connectivity index (χ4v) is 3.76. The lowest BCUT2D eigenvalue weighted by atomic mass is 9.98. The molecule has 2 amide bonds. The van der Waals surface area contributed by atoms with Crippen LogP contribution in [0.15, 0.2) is 42.7 Å². The summed E-state index contributed by atoms with van der Waals surface area (Å²) in [6.07, 6.45) is 5.92. The molecule has 1 aromatic carbocycles. The lowest BCUT2D eigenvalue weighted by Gasteiger charge is -2.22. The molecule has 2 N–H and O–H groups in total. The van der Waals surface area contributed by atoms with Gasteiger partial charge in [-0.1, -0.05) is 0 Å². The summed E-state index contributed by atoms with van der Waals surface area (Å²) in [5.74, 6) is -1.82. The minimum absolute atomic E-state index is 0.0315. The highest BCUT2D eigenvalue weighted by molar-refractivity contribution is 5.79. The van der Waals surface area contributed by atoms with Crippen molar-refractivity contribution in [3.63, 3.8) is 0 Å². The molecular weight excluding hydrogens is 402 g/mol. The number of carbonyl (C=O) groups excluding carboxylic acids is 2. The molecule has 0 radical (unpaired) electrons. The number of aromatic nitrogens is 1. The predicted octanol–water partition coefficient (Wildman–Crippen LogP) is 2.78. The normalized spacial score (nSPS) is 18.6. The predicted molar refractivity (Wildman–Crippen MR) is 113 cm³/mol. The SMILES string of the molecule is O=C1CCN(Cc2ccncc2)CCCC(C(=O)NCc2cc(F)cc(F)c2)CCN1. The Morgan fingerprint density at radius 3 is 2.58 bits per heavy atom. The van der Waals surface area contributed by atoms with Gasteiger partial charge in [-0.05, 0) is 61.2 Å². The van der Waals surface area contributed by atoms with Crippen molar-refractivity contribution >= 4 is 11.8 Å². The number of carbonyl (C=O) groups is 2. The van der Waals surface area contributed by atoms with E-state index in [0.717, 1.165) is 31.1 Å². The van der Waals surface area contributed by atoms with Gasteiger partial charge in [-0.25, -0.2) is 8.78 Å². The van der Waals surface area contributed by atoms with Gasteiger partial charge in [0, 0.05) is 57.0 Å². The van der Waals surface area contributed by atoms with E-state index in [1.807, 2.05) is 12.1 Å². The van der Waals surface area contributed by atoms with Gasteiger partial charge >= 0.3 is 0 Å². The highest BCUT2D eigenvalue weighted by Crippen LogP contribution is 2.15. The summed E-state index contributed by atoms with van der Waals surface area (Å²) >= 11 is 0. The first-order valence-corrected chi connectivity index (χ1v) is 10.6. The Hall–Kier alpha value is -2.87. The van der Waals surface area contributed by atoms with Crippen LogP contribution in [-0.2, 0) is 22.7 Å². The van der Waals surface area contributed by atoms with Crippen molar-refractivity contribution in [3.8, 4) is 0 Å². The number of hydrogen-bond acceptors (Lipinski definition) is 4. The van der Waals surface area contributed by atoms with Crippen LogP contribution in [0.5, 0.6) is 0 Å². The molecule has 1 aliphatic heterocycles. The van der Waals surface area contributed by atoms with Gasteiger partial charge in [0.05, 0.1) is 0 Å². The molecule has 3 rings (SSSR count). The van der Waals surface area contributed by atoms with E-state index in [-0.39, 0.29) is 24.3 Å². The molecule has 0 spiro atoms. The Balaban J connectivity index is 1.57. The van der Waals surface area contributed by atoms with Gasteiger partial charge in [-0.3, -0.25) is 19.5 Å². The number of nitrogens with one attached hydrogen (secondary N) is 2. The maximum Gasteiger partial charge on any atom is 0.223 e. The molecule has 1 fully saturated rings. The molecule has 2 aromatic rings. The zero-order valence-corrected chi connectivity index (χ0v) is 17.4. The third kappa shape index (κ3) is 7.71. The van der Waals surface area contributed by atoms with Crippen molar-refractivity contribution in [1.82, 2.24) is 20.5 Å². The van der Waals surface area contributed by atoms with Gasteiger partial charge in [0.25, 0.3) is 0 Å². The van der Waals surface area contributed by atoms with Crippen LogP contribution < -0.4 is 10.6 Å². The zero-order valence-electron chi connectivity index (χ0n) is 17.4. The van der Waals surface area contributed by atoms with E-state index >= 15 is 0 Å². The molecule has 1 atom stereocenters.